The van der Waals surface area contributed by atoms with E-state index in [9.17, 15) is 14.3 Å². The Morgan fingerprint density at radius 2 is 1.96 bits per heavy atom. The number of halogens is 1. The molecule has 0 radical (unpaired) electrons. The van der Waals surface area contributed by atoms with Crippen LogP contribution in [0.25, 0.3) is 11.8 Å². The van der Waals surface area contributed by atoms with Gasteiger partial charge < -0.3 is 14.4 Å². The Bertz CT molecular complexity index is 996. The van der Waals surface area contributed by atoms with Gasteiger partial charge in [-0.15, -0.1) is 0 Å². The Hall–Kier alpha value is -3.15. The van der Waals surface area contributed by atoms with Crippen LogP contribution in [0.5, 0.6) is 0 Å². The second-order valence-corrected chi connectivity index (χ2v) is 6.06. The van der Waals surface area contributed by atoms with E-state index in [0.717, 1.165) is 17.0 Å². The number of ether oxygens (including phenoxy) is 1. The van der Waals surface area contributed by atoms with E-state index in [2.05, 4.69) is 9.73 Å². The molecule has 0 atom stereocenters. The quantitative estimate of drug-likeness (QED) is 0.847. The van der Waals surface area contributed by atoms with Crippen molar-refractivity contribution in [2.45, 2.75) is 20.8 Å². The average molecular weight is 354 g/mol. The summed E-state index contributed by atoms with van der Waals surface area (Å²) in [6.45, 7) is 5.37. The molecule has 0 saturated heterocycles. The van der Waals surface area contributed by atoms with Crippen molar-refractivity contribution in [1.82, 2.24) is 4.57 Å². The minimum Gasteiger partial charge on any atom is -0.505 e. The summed E-state index contributed by atoms with van der Waals surface area (Å²) < 4.78 is 20.7. The molecule has 1 aromatic carbocycles. The number of aliphatic hydroxyl groups excluding tert-OH is 1. The number of carbonyl (C=O) groups excluding carboxylic acids is 1. The van der Waals surface area contributed by atoms with Crippen LogP contribution < -0.4 is 0 Å². The molecule has 0 spiro atoms. The molecule has 3 rings (SSSR count). The van der Waals surface area contributed by atoms with E-state index in [1.54, 1.807) is 35.8 Å². The maximum atomic E-state index is 14.2. The van der Waals surface area contributed by atoms with E-state index in [4.69, 9.17) is 0 Å². The van der Waals surface area contributed by atoms with Gasteiger partial charge in [-0.1, -0.05) is 12.1 Å². The number of para-hydroxylation sites is 1. The molecule has 0 fully saturated rings. The fourth-order valence-corrected chi connectivity index (χ4v) is 3.12. The lowest BCUT2D eigenvalue weighted by Gasteiger charge is -2.10. The van der Waals surface area contributed by atoms with Gasteiger partial charge in [-0.2, -0.15) is 0 Å². The molecule has 0 saturated carbocycles. The first-order valence-electron chi connectivity index (χ1n) is 8.08. The van der Waals surface area contributed by atoms with Gasteiger partial charge in [-0.25, -0.2) is 14.2 Å². The van der Waals surface area contributed by atoms with Crippen LogP contribution >= 0.6 is 0 Å². The van der Waals surface area contributed by atoms with Crippen LogP contribution in [0.2, 0.25) is 0 Å². The second-order valence-electron chi connectivity index (χ2n) is 6.06. The molecule has 1 aliphatic rings. The molecule has 1 N–H and O–H groups in total. The summed E-state index contributed by atoms with van der Waals surface area (Å²) in [6.07, 6.45) is 1.68. The number of carbonyl (C=O) groups is 1. The number of rotatable bonds is 3. The lowest BCUT2D eigenvalue weighted by atomic mass is 10.1. The maximum Gasteiger partial charge on any atom is 0.343 e. The molecular weight excluding hydrogens is 335 g/mol. The molecule has 2 aromatic rings. The largest absolute Gasteiger partial charge is 0.505 e. The number of aromatic nitrogens is 1. The van der Waals surface area contributed by atoms with Crippen LogP contribution in [0.3, 0.4) is 0 Å². The zero-order chi connectivity index (χ0) is 19.0. The lowest BCUT2D eigenvalue weighted by molar-refractivity contribution is -0.135. The number of aliphatic hydroxyl groups is 1. The summed E-state index contributed by atoms with van der Waals surface area (Å²) in [5.41, 5.74) is 3.59. The minimum atomic E-state index is -0.635. The van der Waals surface area contributed by atoms with E-state index in [-0.39, 0.29) is 22.8 Å². The molecule has 6 heteroatoms. The number of nitrogens with zero attached hydrogens (tertiary/aromatic N) is 2. The SMILES string of the molecule is COC(=O)C1=C(O)/C(=C/c2cc(C)n(-c3ccccc3F)c2C)N=C1C. The predicted molar refractivity (Wildman–Crippen MR) is 98.0 cm³/mol. The fourth-order valence-electron chi connectivity index (χ4n) is 3.12. The summed E-state index contributed by atoms with van der Waals surface area (Å²) in [6, 6.07) is 8.41. The van der Waals surface area contributed by atoms with Gasteiger partial charge in [0, 0.05) is 11.4 Å². The molecule has 134 valence electrons. The molecule has 2 heterocycles. The number of hydrogen-bond acceptors (Lipinski definition) is 4. The fraction of sp³-hybridized carbons (Fsp3) is 0.200. The molecule has 5 nitrogen and oxygen atoms in total. The number of methoxy groups -OCH3 is 1. The Morgan fingerprint density at radius 1 is 1.27 bits per heavy atom. The van der Waals surface area contributed by atoms with Gasteiger partial charge in [-0.3, -0.25) is 0 Å². The third-order valence-corrected chi connectivity index (χ3v) is 4.37. The second kappa shape index (κ2) is 6.63. The van der Waals surface area contributed by atoms with Crippen molar-refractivity contribution in [3.05, 3.63) is 70.1 Å². The topological polar surface area (TPSA) is 63.8 Å². The standard InChI is InChI=1S/C20H19FN2O3/c1-11-9-14(13(3)23(11)17-8-6-5-7-15(17)21)10-16-19(24)18(12(2)22-16)20(25)26-4/h5-10,24H,1-4H3/b16-10-. The molecule has 0 amide bonds. The van der Waals surface area contributed by atoms with Gasteiger partial charge >= 0.3 is 5.97 Å². The van der Waals surface area contributed by atoms with Crippen LogP contribution in [0, 0.1) is 19.7 Å². The van der Waals surface area contributed by atoms with Crippen LogP contribution in [0.1, 0.15) is 23.9 Å². The van der Waals surface area contributed by atoms with E-state index >= 15 is 0 Å². The highest BCUT2D eigenvalue weighted by molar-refractivity contribution is 6.22. The Kier molecular flexibility index (Phi) is 4.50. The zero-order valence-corrected chi connectivity index (χ0v) is 15.0. The zero-order valence-electron chi connectivity index (χ0n) is 15.0. The number of benzene rings is 1. The summed E-state index contributed by atoms with van der Waals surface area (Å²) in [4.78, 5) is 16.0. The summed E-state index contributed by atoms with van der Waals surface area (Å²) >= 11 is 0. The normalized spacial score (nSPS) is 15.6. The highest BCUT2D eigenvalue weighted by atomic mass is 19.1. The van der Waals surface area contributed by atoms with Crippen molar-refractivity contribution in [1.29, 1.82) is 0 Å². The molecule has 1 aromatic heterocycles. The molecule has 26 heavy (non-hydrogen) atoms. The summed E-state index contributed by atoms with van der Waals surface area (Å²) in [7, 11) is 1.25. The third-order valence-electron chi connectivity index (χ3n) is 4.37. The number of aliphatic imine (C=N–C) groups is 1. The molecule has 0 aliphatic carbocycles. The lowest BCUT2D eigenvalue weighted by Crippen LogP contribution is -2.11. The maximum absolute atomic E-state index is 14.2. The highest BCUT2D eigenvalue weighted by Gasteiger charge is 2.27. The number of aryl methyl sites for hydroxylation is 1. The summed E-state index contributed by atoms with van der Waals surface area (Å²) in [5, 5.41) is 10.3. The molecule has 1 aliphatic heterocycles. The van der Waals surface area contributed by atoms with Crippen LogP contribution in [0.15, 0.2) is 52.4 Å². The van der Waals surface area contributed by atoms with E-state index in [1.807, 2.05) is 19.9 Å². The monoisotopic (exact) mass is 354 g/mol. The van der Waals surface area contributed by atoms with E-state index in [1.165, 1.54) is 13.2 Å². The van der Waals surface area contributed by atoms with Gasteiger partial charge in [0.1, 0.15) is 17.1 Å². The van der Waals surface area contributed by atoms with Crippen molar-refractivity contribution in [3.8, 4) is 5.69 Å². The highest BCUT2D eigenvalue weighted by Crippen LogP contribution is 2.29. The molecular formula is C20H19FN2O3. The van der Waals surface area contributed by atoms with Crippen molar-refractivity contribution < 1.29 is 19.0 Å². The number of hydrogen-bond donors (Lipinski definition) is 1. The van der Waals surface area contributed by atoms with Gasteiger partial charge in [0.2, 0.25) is 0 Å². The molecule has 0 unspecified atom stereocenters. The van der Waals surface area contributed by atoms with Crippen molar-refractivity contribution in [3.63, 3.8) is 0 Å². The number of esters is 1. The van der Waals surface area contributed by atoms with Gasteiger partial charge in [0.05, 0.1) is 18.5 Å². The van der Waals surface area contributed by atoms with Crippen molar-refractivity contribution in [2.75, 3.05) is 7.11 Å². The van der Waals surface area contributed by atoms with Crippen molar-refractivity contribution in [2.24, 2.45) is 4.99 Å². The van der Waals surface area contributed by atoms with Crippen LogP contribution in [-0.4, -0.2) is 28.5 Å². The Morgan fingerprint density at radius 3 is 2.62 bits per heavy atom. The van der Waals surface area contributed by atoms with E-state index in [0.29, 0.717) is 11.4 Å². The van der Waals surface area contributed by atoms with Crippen molar-refractivity contribution >= 4 is 17.8 Å². The first kappa shape index (κ1) is 17.7. The summed E-state index contributed by atoms with van der Waals surface area (Å²) in [5.74, 6) is -1.17. The van der Waals surface area contributed by atoms with Gasteiger partial charge in [-0.05, 0) is 50.6 Å². The van der Waals surface area contributed by atoms with Crippen LogP contribution in [0.4, 0.5) is 4.39 Å². The first-order chi connectivity index (χ1) is 12.3. The molecule has 0 bridgehead atoms. The Balaban J connectivity index is 2.10. The van der Waals surface area contributed by atoms with Gasteiger partial charge in [0.25, 0.3) is 0 Å². The smallest absolute Gasteiger partial charge is 0.343 e. The predicted octanol–water partition coefficient (Wildman–Crippen LogP) is 4.03. The van der Waals surface area contributed by atoms with Crippen LogP contribution in [-0.2, 0) is 9.53 Å². The average Bonchev–Trinajstić information content (AvgIpc) is 3.04. The van der Waals surface area contributed by atoms with Gasteiger partial charge in [0.15, 0.2) is 5.76 Å². The first-order valence-corrected chi connectivity index (χ1v) is 8.08. The minimum absolute atomic E-state index is 0.0571. The van der Waals surface area contributed by atoms with E-state index < -0.39 is 5.97 Å². The third kappa shape index (κ3) is 2.83. The Labute approximate surface area is 150 Å².